The maximum absolute atomic E-state index is 15.7. The SMILES string of the molecule is CCNC(C)(C)[C@@H]1CCN(c2c(F)cc3c(=O)c4c(O)c(C#N)sc4n(C4CC4)c3c2OC)C1. The van der Waals surface area contributed by atoms with Crippen LogP contribution in [0.4, 0.5) is 10.1 Å². The van der Waals surface area contributed by atoms with Crippen LogP contribution < -0.4 is 20.4 Å². The van der Waals surface area contributed by atoms with Crippen LogP contribution in [0.3, 0.4) is 0 Å². The fourth-order valence-corrected chi connectivity index (χ4v) is 6.51. The molecule has 2 aliphatic rings. The first-order valence-corrected chi connectivity index (χ1v) is 12.5. The molecule has 9 heteroatoms. The summed E-state index contributed by atoms with van der Waals surface area (Å²) in [5.41, 5.74) is 0.348. The Labute approximate surface area is 201 Å². The average Bonchev–Trinajstić information content (AvgIpc) is 3.40. The van der Waals surface area contributed by atoms with Crippen molar-refractivity contribution in [2.45, 2.75) is 51.6 Å². The number of rotatable bonds is 6. The molecule has 1 aliphatic heterocycles. The van der Waals surface area contributed by atoms with E-state index in [0.29, 0.717) is 40.8 Å². The quantitative estimate of drug-likeness (QED) is 0.536. The van der Waals surface area contributed by atoms with Crippen LogP contribution in [0.1, 0.15) is 51.0 Å². The lowest BCUT2D eigenvalue weighted by Gasteiger charge is -2.33. The Kier molecular flexibility index (Phi) is 5.49. The van der Waals surface area contributed by atoms with Crippen LogP contribution in [0.2, 0.25) is 0 Å². The second-order valence-electron chi connectivity index (χ2n) is 9.82. The molecule has 2 fully saturated rings. The number of aromatic hydroxyl groups is 1. The molecule has 0 spiro atoms. The lowest BCUT2D eigenvalue weighted by molar-refractivity contribution is 0.276. The topological polar surface area (TPSA) is 90.5 Å². The number of pyridine rings is 1. The average molecular weight is 485 g/mol. The zero-order chi connectivity index (χ0) is 24.4. The van der Waals surface area contributed by atoms with E-state index in [1.165, 1.54) is 13.2 Å². The van der Waals surface area contributed by atoms with E-state index >= 15 is 4.39 Å². The molecule has 1 atom stereocenters. The summed E-state index contributed by atoms with van der Waals surface area (Å²) < 4.78 is 23.5. The molecule has 2 aromatic heterocycles. The number of nitrogens with one attached hydrogen (secondary N) is 1. The number of hydrogen-bond donors (Lipinski definition) is 2. The first kappa shape index (κ1) is 22.9. The summed E-state index contributed by atoms with van der Waals surface area (Å²) in [5, 5.41) is 23.8. The summed E-state index contributed by atoms with van der Waals surface area (Å²) in [6.45, 7) is 8.66. The molecule has 1 saturated heterocycles. The van der Waals surface area contributed by atoms with Gasteiger partial charge in [0.15, 0.2) is 17.3 Å². The Hall–Kier alpha value is -2.83. The van der Waals surface area contributed by atoms with E-state index in [1.54, 1.807) is 0 Å². The molecular weight excluding hydrogens is 455 g/mol. The number of thiophene rings is 1. The van der Waals surface area contributed by atoms with Crippen LogP contribution in [-0.4, -0.2) is 42.0 Å². The molecule has 5 rings (SSSR count). The van der Waals surface area contributed by atoms with E-state index in [0.717, 1.165) is 37.1 Å². The summed E-state index contributed by atoms with van der Waals surface area (Å²) in [7, 11) is 1.51. The molecule has 1 saturated carbocycles. The Morgan fingerprint density at radius 2 is 2.12 bits per heavy atom. The number of nitriles is 1. The molecule has 180 valence electrons. The van der Waals surface area contributed by atoms with Crippen LogP contribution >= 0.6 is 11.3 Å². The van der Waals surface area contributed by atoms with Gasteiger partial charge in [-0.3, -0.25) is 4.79 Å². The molecule has 7 nitrogen and oxygen atoms in total. The number of halogens is 1. The number of ether oxygens (including phenoxy) is 1. The van der Waals surface area contributed by atoms with Gasteiger partial charge < -0.3 is 24.6 Å². The van der Waals surface area contributed by atoms with Gasteiger partial charge in [-0.05, 0) is 51.6 Å². The molecule has 34 heavy (non-hydrogen) atoms. The van der Waals surface area contributed by atoms with Crippen molar-refractivity contribution in [3.05, 3.63) is 27.0 Å². The number of methoxy groups -OCH3 is 1. The Balaban J connectivity index is 1.76. The number of nitrogens with zero attached hydrogens (tertiary/aromatic N) is 3. The molecule has 1 aliphatic carbocycles. The van der Waals surface area contributed by atoms with Gasteiger partial charge >= 0.3 is 0 Å². The second-order valence-corrected chi connectivity index (χ2v) is 10.8. The van der Waals surface area contributed by atoms with Crippen molar-refractivity contribution < 1.29 is 14.2 Å². The van der Waals surface area contributed by atoms with Crippen molar-refractivity contribution in [2.75, 3.05) is 31.6 Å². The summed E-state index contributed by atoms with van der Waals surface area (Å²) in [5.74, 6) is -0.164. The minimum atomic E-state index is -0.514. The van der Waals surface area contributed by atoms with Gasteiger partial charge in [-0.15, -0.1) is 11.3 Å². The van der Waals surface area contributed by atoms with Crippen molar-refractivity contribution in [1.82, 2.24) is 9.88 Å². The number of benzene rings is 1. The van der Waals surface area contributed by atoms with E-state index in [1.807, 2.05) is 15.5 Å². The Morgan fingerprint density at radius 1 is 1.38 bits per heavy atom. The molecular formula is C25H29FN4O3S. The lowest BCUT2D eigenvalue weighted by atomic mass is 9.87. The van der Waals surface area contributed by atoms with Crippen LogP contribution in [-0.2, 0) is 0 Å². The van der Waals surface area contributed by atoms with Crippen LogP contribution in [0, 0.1) is 23.1 Å². The highest BCUT2D eigenvalue weighted by atomic mass is 32.1. The fraction of sp³-hybridized carbons (Fsp3) is 0.520. The van der Waals surface area contributed by atoms with E-state index in [2.05, 4.69) is 26.1 Å². The first-order chi connectivity index (χ1) is 16.2. The highest BCUT2D eigenvalue weighted by Gasteiger charge is 2.38. The molecule has 3 heterocycles. The molecule has 2 N–H and O–H groups in total. The molecule has 0 unspecified atom stereocenters. The minimum absolute atomic E-state index is 0.0868. The summed E-state index contributed by atoms with van der Waals surface area (Å²) in [4.78, 5) is 16.1. The number of aromatic nitrogens is 1. The monoisotopic (exact) mass is 484 g/mol. The van der Waals surface area contributed by atoms with Crippen molar-refractivity contribution in [3.8, 4) is 17.6 Å². The van der Waals surface area contributed by atoms with Gasteiger partial charge in [-0.1, -0.05) is 6.92 Å². The normalized spacial score (nSPS) is 18.7. The standard InChI is InChI=1S/C25H29FN4O3S/c1-5-28-25(2,3)13-8-9-29(12-13)20-16(26)10-15-19(23(20)33-4)30(14-6-7-14)24-18(21(15)31)22(32)17(11-27)34-24/h10,13-14,28,32H,5-9,12H2,1-4H3/t13-/m1/s1. The number of anilines is 1. The predicted octanol–water partition coefficient (Wildman–Crippen LogP) is 4.49. The first-order valence-electron chi connectivity index (χ1n) is 11.7. The van der Waals surface area contributed by atoms with Crippen molar-refractivity contribution >= 4 is 38.1 Å². The second kappa shape index (κ2) is 8.14. The van der Waals surface area contributed by atoms with Gasteiger partial charge in [0, 0.05) is 24.7 Å². The van der Waals surface area contributed by atoms with Crippen molar-refractivity contribution in [2.24, 2.45) is 5.92 Å². The zero-order valence-electron chi connectivity index (χ0n) is 19.9. The van der Waals surface area contributed by atoms with Gasteiger partial charge in [0.25, 0.3) is 0 Å². The largest absolute Gasteiger partial charge is 0.505 e. The van der Waals surface area contributed by atoms with Gasteiger partial charge in [0.2, 0.25) is 5.43 Å². The third-order valence-corrected chi connectivity index (χ3v) is 8.44. The third kappa shape index (κ3) is 3.35. The predicted molar refractivity (Wildman–Crippen MR) is 133 cm³/mol. The number of fused-ring (bicyclic) bond motifs is 2. The van der Waals surface area contributed by atoms with Gasteiger partial charge in [-0.2, -0.15) is 5.26 Å². The minimum Gasteiger partial charge on any atom is -0.505 e. The zero-order valence-corrected chi connectivity index (χ0v) is 20.7. The van der Waals surface area contributed by atoms with Crippen LogP contribution in [0.5, 0.6) is 11.5 Å². The Morgan fingerprint density at radius 3 is 2.74 bits per heavy atom. The maximum atomic E-state index is 15.7. The Bertz CT molecular complexity index is 1400. The number of hydrogen-bond acceptors (Lipinski definition) is 7. The van der Waals surface area contributed by atoms with E-state index in [9.17, 15) is 15.2 Å². The van der Waals surface area contributed by atoms with Crippen LogP contribution in [0.25, 0.3) is 21.1 Å². The van der Waals surface area contributed by atoms with E-state index < -0.39 is 11.2 Å². The summed E-state index contributed by atoms with van der Waals surface area (Å²) in [6.07, 6.45) is 2.73. The molecule has 3 aromatic rings. The van der Waals surface area contributed by atoms with E-state index in [-0.39, 0.29) is 33.0 Å². The van der Waals surface area contributed by atoms with E-state index in [4.69, 9.17) is 4.74 Å². The highest BCUT2D eigenvalue weighted by molar-refractivity contribution is 7.19. The third-order valence-electron chi connectivity index (χ3n) is 7.35. The fourth-order valence-electron chi connectivity index (χ4n) is 5.44. The van der Waals surface area contributed by atoms with Gasteiger partial charge in [0.05, 0.1) is 18.0 Å². The van der Waals surface area contributed by atoms with Crippen molar-refractivity contribution in [3.63, 3.8) is 0 Å². The summed E-state index contributed by atoms with van der Waals surface area (Å²) >= 11 is 1.10. The lowest BCUT2D eigenvalue weighted by Crippen LogP contribution is -2.47. The van der Waals surface area contributed by atoms with Crippen molar-refractivity contribution in [1.29, 1.82) is 5.26 Å². The molecule has 0 radical (unpaired) electrons. The molecule has 1 aromatic carbocycles. The highest BCUT2D eigenvalue weighted by Crippen LogP contribution is 2.49. The van der Waals surface area contributed by atoms with Gasteiger partial charge in [-0.25, -0.2) is 4.39 Å². The molecule has 0 bridgehead atoms. The summed E-state index contributed by atoms with van der Waals surface area (Å²) in [6, 6.07) is 3.37. The molecule has 0 amide bonds. The smallest absolute Gasteiger partial charge is 0.202 e. The van der Waals surface area contributed by atoms with Crippen LogP contribution in [0.15, 0.2) is 10.9 Å². The maximum Gasteiger partial charge on any atom is 0.202 e. The van der Waals surface area contributed by atoms with Gasteiger partial charge in [0.1, 0.15) is 26.9 Å².